The Balaban J connectivity index is 2.55. The number of para-hydroxylation sites is 1. The van der Waals surface area contributed by atoms with Crippen LogP contribution in [0, 0.1) is 0 Å². The van der Waals surface area contributed by atoms with Crippen LogP contribution in [0.2, 0.25) is 5.02 Å². The van der Waals surface area contributed by atoms with Crippen LogP contribution in [0.4, 0.5) is 0 Å². The molecule has 1 heterocycles. The van der Waals surface area contributed by atoms with Crippen molar-refractivity contribution in [2.24, 2.45) is 5.73 Å². The molecule has 2 rings (SSSR count). The Hall–Kier alpha value is -1.52. The lowest BCUT2D eigenvalue weighted by atomic mass is 10.3. The third-order valence-corrected chi connectivity index (χ3v) is 2.45. The normalized spacial score (nSPS) is 10.5. The molecule has 4 nitrogen and oxygen atoms in total. The molecule has 0 aliphatic heterocycles. The number of halogens is 1. The van der Waals surface area contributed by atoms with Gasteiger partial charge in [0.15, 0.2) is 0 Å². The average molecular weight is 224 g/mol. The minimum atomic E-state index is -0.183. The zero-order chi connectivity index (χ0) is 10.8. The molecule has 1 aromatic carbocycles. The second-order valence-corrected chi connectivity index (χ2v) is 3.53. The van der Waals surface area contributed by atoms with E-state index in [1.807, 2.05) is 18.2 Å². The number of benzene rings is 1. The van der Waals surface area contributed by atoms with Crippen LogP contribution in [0.15, 0.2) is 35.3 Å². The van der Waals surface area contributed by atoms with E-state index in [0.29, 0.717) is 10.6 Å². The van der Waals surface area contributed by atoms with Gasteiger partial charge in [0.1, 0.15) is 0 Å². The van der Waals surface area contributed by atoms with Gasteiger partial charge in [-0.25, -0.2) is 0 Å². The summed E-state index contributed by atoms with van der Waals surface area (Å²) in [4.78, 5) is 11.4. The van der Waals surface area contributed by atoms with Crippen molar-refractivity contribution in [3.05, 3.63) is 51.4 Å². The van der Waals surface area contributed by atoms with Gasteiger partial charge in [-0.3, -0.25) is 14.6 Å². The van der Waals surface area contributed by atoms with Gasteiger partial charge in [-0.15, -0.1) is 0 Å². The van der Waals surface area contributed by atoms with Crippen molar-refractivity contribution in [2.45, 2.75) is 6.54 Å². The first-order valence-corrected chi connectivity index (χ1v) is 4.85. The van der Waals surface area contributed by atoms with Crippen molar-refractivity contribution in [1.29, 1.82) is 0 Å². The largest absolute Gasteiger partial charge is 0.326 e. The Morgan fingerprint density at radius 2 is 2.13 bits per heavy atom. The van der Waals surface area contributed by atoms with Gasteiger partial charge >= 0.3 is 0 Å². The maximum atomic E-state index is 11.4. The minimum absolute atomic E-state index is 0.183. The van der Waals surface area contributed by atoms with Crippen LogP contribution in [0.5, 0.6) is 0 Å². The fraction of sp³-hybridized carbons (Fsp3) is 0.100. The topological polar surface area (TPSA) is 63.8 Å². The Labute approximate surface area is 91.3 Å². The van der Waals surface area contributed by atoms with Gasteiger partial charge in [0, 0.05) is 12.7 Å². The molecular weight excluding hydrogens is 214 g/mol. The maximum Gasteiger partial charge on any atom is 0.268 e. The van der Waals surface area contributed by atoms with E-state index in [9.17, 15) is 4.79 Å². The fourth-order valence-electron chi connectivity index (χ4n) is 1.35. The van der Waals surface area contributed by atoms with Gasteiger partial charge in [0.05, 0.1) is 16.3 Å². The van der Waals surface area contributed by atoms with Gasteiger partial charge < -0.3 is 5.73 Å². The van der Waals surface area contributed by atoms with E-state index in [4.69, 9.17) is 17.3 Å². The van der Waals surface area contributed by atoms with Crippen molar-refractivity contribution >= 4 is 11.6 Å². The van der Waals surface area contributed by atoms with Crippen molar-refractivity contribution in [1.82, 2.24) is 9.78 Å². The number of nitrogens with two attached hydrogens (primary N) is 1. The molecule has 3 N–H and O–H groups in total. The highest BCUT2D eigenvalue weighted by molar-refractivity contribution is 6.32. The van der Waals surface area contributed by atoms with Crippen molar-refractivity contribution < 1.29 is 0 Å². The van der Waals surface area contributed by atoms with E-state index in [1.165, 1.54) is 0 Å². The molecule has 0 saturated carbocycles. The summed E-state index contributed by atoms with van der Waals surface area (Å²) in [6.07, 6.45) is 1.66. The number of aromatic amines is 1. The molecule has 1 aromatic heterocycles. The lowest BCUT2D eigenvalue weighted by Gasteiger charge is -2.03. The first-order valence-electron chi connectivity index (χ1n) is 4.48. The number of nitrogens with zero attached hydrogens (tertiary/aromatic N) is 1. The molecule has 15 heavy (non-hydrogen) atoms. The molecule has 0 spiro atoms. The van der Waals surface area contributed by atoms with E-state index >= 15 is 0 Å². The molecule has 0 aliphatic carbocycles. The minimum Gasteiger partial charge on any atom is -0.326 e. The molecule has 5 heteroatoms. The van der Waals surface area contributed by atoms with Crippen LogP contribution in [-0.4, -0.2) is 9.78 Å². The molecule has 2 aromatic rings. The summed E-state index contributed by atoms with van der Waals surface area (Å²) in [6.45, 7) is 0.215. The van der Waals surface area contributed by atoms with E-state index in [-0.39, 0.29) is 12.1 Å². The third-order valence-electron chi connectivity index (χ3n) is 2.13. The molecule has 0 bridgehead atoms. The fourth-order valence-corrected chi connectivity index (χ4v) is 1.58. The molecule has 0 unspecified atom stereocenters. The lowest BCUT2D eigenvalue weighted by Crippen LogP contribution is -2.10. The second-order valence-electron chi connectivity index (χ2n) is 3.12. The zero-order valence-electron chi connectivity index (χ0n) is 7.90. The zero-order valence-corrected chi connectivity index (χ0v) is 8.66. The Kier molecular flexibility index (Phi) is 2.62. The molecule has 0 saturated heterocycles. The summed E-state index contributed by atoms with van der Waals surface area (Å²) in [7, 11) is 0. The van der Waals surface area contributed by atoms with Crippen LogP contribution < -0.4 is 11.3 Å². The summed E-state index contributed by atoms with van der Waals surface area (Å²) < 4.78 is 1.58. The molecule has 0 fully saturated rings. The van der Waals surface area contributed by atoms with Crippen molar-refractivity contribution in [2.75, 3.05) is 0 Å². The van der Waals surface area contributed by atoms with Gasteiger partial charge in [0.25, 0.3) is 5.56 Å². The predicted molar refractivity (Wildman–Crippen MR) is 59.3 cm³/mol. The number of aromatic nitrogens is 2. The monoisotopic (exact) mass is 223 g/mol. The first-order chi connectivity index (χ1) is 7.22. The number of hydrogen-bond acceptors (Lipinski definition) is 2. The lowest BCUT2D eigenvalue weighted by molar-refractivity contribution is 0.864. The predicted octanol–water partition coefficient (Wildman–Crippen LogP) is 1.28. The second kappa shape index (κ2) is 3.92. The summed E-state index contributed by atoms with van der Waals surface area (Å²) in [6, 6.07) is 7.26. The molecule has 0 amide bonds. The summed E-state index contributed by atoms with van der Waals surface area (Å²) >= 11 is 5.99. The highest BCUT2D eigenvalue weighted by atomic mass is 35.5. The van der Waals surface area contributed by atoms with Gasteiger partial charge in [-0.2, -0.15) is 0 Å². The Morgan fingerprint density at radius 1 is 1.40 bits per heavy atom. The van der Waals surface area contributed by atoms with Crippen molar-refractivity contribution in [3.63, 3.8) is 0 Å². The average Bonchev–Trinajstić information content (AvgIpc) is 2.60. The van der Waals surface area contributed by atoms with Crippen LogP contribution in [0.3, 0.4) is 0 Å². The van der Waals surface area contributed by atoms with E-state index in [0.717, 1.165) is 5.69 Å². The molecule has 0 atom stereocenters. The Bertz CT molecular complexity index is 529. The highest BCUT2D eigenvalue weighted by Gasteiger charge is 2.05. The maximum absolute atomic E-state index is 11.4. The number of hydrogen-bond donors (Lipinski definition) is 2. The van der Waals surface area contributed by atoms with Gasteiger partial charge in [0.2, 0.25) is 0 Å². The van der Waals surface area contributed by atoms with Crippen LogP contribution in [0.1, 0.15) is 5.56 Å². The van der Waals surface area contributed by atoms with E-state index < -0.39 is 0 Å². The molecule has 0 radical (unpaired) electrons. The molecule has 78 valence electrons. The Morgan fingerprint density at radius 3 is 2.73 bits per heavy atom. The summed E-state index contributed by atoms with van der Waals surface area (Å²) in [5.74, 6) is 0. The number of rotatable bonds is 2. The molecular formula is C10H10ClN3O. The third kappa shape index (κ3) is 1.82. The first kappa shape index (κ1) is 10.0. The number of H-pyrrole nitrogens is 1. The van der Waals surface area contributed by atoms with Crippen molar-refractivity contribution in [3.8, 4) is 5.69 Å². The van der Waals surface area contributed by atoms with Gasteiger partial charge in [-0.05, 0) is 12.1 Å². The SMILES string of the molecule is NCc1cn(-c2ccccc2Cl)[nH]c1=O. The van der Waals surface area contributed by atoms with Crippen LogP contribution in [-0.2, 0) is 6.54 Å². The van der Waals surface area contributed by atoms with Crippen LogP contribution in [0.25, 0.3) is 5.69 Å². The van der Waals surface area contributed by atoms with E-state index in [2.05, 4.69) is 5.10 Å². The van der Waals surface area contributed by atoms with Gasteiger partial charge in [-0.1, -0.05) is 23.7 Å². The van der Waals surface area contributed by atoms with Crippen LogP contribution >= 0.6 is 11.6 Å². The number of nitrogens with one attached hydrogen (secondary N) is 1. The summed E-state index contributed by atoms with van der Waals surface area (Å²) in [5.41, 5.74) is 6.50. The summed E-state index contributed by atoms with van der Waals surface area (Å²) in [5, 5.41) is 3.23. The highest BCUT2D eigenvalue weighted by Crippen LogP contribution is 2.18. The van der Waals surface area contributed by atoms with E-state index in [1.54, 1.807) is 16.9 Å². The quantitative estimate of drug-likeness (QED) is 0.806. The molecule has 0 aliphatic rings. The smallest absolute Gasteiger partial charge is 0.268 e. The standard InChI is InChI=1S/C10H10ClN3O/c11-8-3-1-2-4-9(8)14-6-7(5-12)10(15)13-14/h1-4,6H,5,12H2,(H,13,15).